The summed E-state index contributed by atoms with van der Waals surface area (Å²) in [5.41, 5.74) is 3.11. The third-order valence-corrected chi connectivity index (χ3v) is 5.12. The molecule has 2 atom stereocenters. The predicted octanol–water partition coefficient (Wildman–Crippen LogP) is 3.61. The largest absolute Gasteiger partial charge is 0.454 e. The van der Waals surface area contributed by atoms with Gasteiger partial charge in [-0.15, -0.1) is 0 Å². The van der Waals surface area contributed by atoms with Crippen molar-refractivity contribution in [2.75, 3.05) is 11.4 Å². The van der Waals surface area contributed by atoms with Crippen LogP contribution in [0.3, 0.4) is 0 Å². The van der Waals surface area contributed by atoms with E-state index in [1.807, 2.05) is 32.0 Å². The number of benzene rings is 2. The maximum atomic E-state index is 13.0. The molecule has 1 aliphatic heterocycles. The molecule has 28 heavy (non-hydrogen) atoms. The van der Waals surface area contributed by atoms with E-state index in [0.717, 1.165) is 16.8 Å². The molecule has 5 nitrogen and oxygen atoms in total. The first-order valence-corrected chi connectivity index (χ1v) is 9.14. The Morgan fingerprint density at radius 3 is 2.50 bits per heavy atom. The van der Waals surface area contributed by atoms with Gasteiger partial charge in [-0.05, 0) is 62.2 Å². The minimum atomic E-state index is -1.01. The number of esters is 1. The van der Waals surface area contributed by atoms with Crippen molar-refractivity contribution in [3.05, 3.63) is 65.0 Å². The maximum Gasteiger partial charge on any atom is 0.312 e. The number of halogens is 1. The molecule has 0 aliphatic carbocycles. The Morgan fingerprint density at radius 1 is 1.14 bits per heavy atom. The number of rotatable bonds is 5. The Labute approximate surface area is 163 Å². The third kappa shape index (κ3) is 3.96. The number of carbonyl (C=O) groups is 3. The first kappa shape index (κ1) is 19.7. The lowest BCUT2D eigenvalue weighted by Gasteiger charge is -2.20. The summed E-state index contributed by atoms with van der Waals surface area (Å²) < 4.78 is 18.3. The second-order valence-corrected chi connectivity index (χ2v) is 7.07. The van der Waals surface area contributed by atoms with Crippen molar-refractivity contribution in [1.82, 2.24) is 0 Å². The van der Waals surface area contributed by atoms with Gasteiger partial charge in [-0.3, -0.25) is 14.4 Å². The van der Waals surface area contributed by atoms with Crippen LogP contribution in [0.2, 0.25) is 0 Å². The molecule has 0 unspecified atom stereocenters. The quantitative estimate of drug-likeness (QED) is 0.584. The first-order chi connectivity index (χ1) is 13.3. The van der Waals surface area contributed by atoms with Gasteiger partial charge in [0.1, 0.15) is 5.82 Å². The molecular weight excluding hydrogens is 361 g/mol. The van der Waals surface area contributed by atoms with Gasteiger partial charge >= 0.3 is 5.97 Å². The minimum Gasteiger partial charge on any atom is -0.454 e. The van der Waals surface area contributed by atoms with Crippen LogP contribution < -0.4 is 4.90 Å². The van der Waals surface area contributed by atoms with Crippen LogP contribution in [0.15, 0.2) is 42.5 Å². The number of ether oxygens (including phenoxy) is 1. The maximum absolute atomic E-state index is 13.0. The van der Waals surface area contributed by atoms with E-state index < -0.39 is 29.6 Å². The highest BCUT2D eigenvalue weighted by Gasteiger charge is 2.37. The average Bonchev–Trinajstić information content (AvgIpc) is 3.05. The van der Waals surface area contributed by atoms with Crippen LogP contribution in [-0.4, -0.2) is 30.3 Å². The molecule has 1 fully saturated rings. The summed E-state index contributed by atoms with van der Waals surface area (Å²) in [5, 5.41) is 0. The molecule has 146 valence electrons. The van der Waals surface area contributed by atoms with Gasteiger partial charge in [0, 0.05) is 24.2 Å². The van der Waals surface area contributed by atoms with Gasteiger partial charge in [-0.25, -0.2) is 4.39 Å². The zero-order valence-electron chi connectivity index (χ0n) is 16.1. The second kappa shape index (κ2) is 7.92. The van der Waals surface area contributed by atoms with Crippen molar-refractivity contribution >= 4 is 23.3 Å². The zero-order chi connectivity index (χ0) is 20.4. The standard InChI is InChI=1S/C22H22FNO4/c1-13-5-4-6-19(14(13)2)24-12-17(11-20(24)25)22(27)28-15(3)21(26)16-7-9-18(23)10-8-16/h4-10,15,17H,11-12H2,1-3H3/t15-,17-/m1/s1. The van der Waals surface area contributed by atoms with Crippen LogP contribution in [0.1, 0.15) is 34.8 Å². The second-order valence-electron chi connectivity index (χ2n) is 7.07. The number of Topliss-reactive ketones (excluding diaryl/α,β-unsaturated/α-hetero) is 1. The van der Waals surface area contributed by atoms with Crippen molar-refractivity contribution < 1.29 is 23.5 Å². The Balaban J connectivity index is 1.66. The van der Waals surface area contributed by atoms with E-state index in [-0.39, 0.29) is 24.4 Å². The molecular formula is C22H22FNO4. The SMILES string of the molecule is Cc1cccc(N2C[C@H](C(=O)O[C@H](C)C(=O)c3ccc(F)cc3)CC2=O)c1C. The average molecular weight is 383 g/mol. The van der Waals surface area contributed by atoms with Crippen LogP contribution in [-0.2, 0) is 14.3 Å². The van der Waals surface area contributed by atoms with Crippen LogP contribution >= 0.6 is 0 Å². The summed E-state index contributed by atoms with van der Waals surface area (Å²) in [4.78, 5) is 38.9. The normalized spacial score (nSPS) is 17.5. The zero-order valence-corrected chi connectivity index (χ0v) is 16.1. The summed E-state index contributed by atoms with van der Waals surface area (Å²) in [6.07, 6.45) is -0.966. The number of ketones is 1. The van der Waals surface area contributed by atoms with Gasteiger partial charge in [0.2, 0.25) is 11.7 Å². The molecule has 2 aromatic rings. The molecule has 0 N–H and O–H groups in total. The molecule has 1 amide bonds. The van der Waals surface area contributed by atoms with Crippen LogP contribution in [0.25, 0.3) is 0 Å². The van der Waals surface area contributed by atoms with Gasteiger partial charge in [0.15, 0.2) is 6.10 Å². The number of hydrogen-bond acceptors (Lipinski definition) is 4. The molecule has 0 radical (unpaired) electrons. The Kier molecular flexibility index (Phi) is 5.58. The Morgan fingerprint density at radius 2 is 1.82 bits per heavy atom. The smallest absolute Gasteiger partial charge is 0.312 e. The van der Waals surface area contributed by atoms with Gasteiger partial charge < -0.3 is 9.64 Å². The highest BCUT2D eigenvalue weighted by molar-refractivity contribution is 6.02. The van der Waals surface area contributed by atoms with E-state index in [2.05, 4.69) is 0 Å². The van der Waals surface area contributed by atoms with E-state index in [1.54, 1.807) is 4.90 Å². The first-order valence-electron chi connectivity index (χ1n) is 9.14. The number of aryl methyl sites for hydroxylation is 1. The molecule has 1 saturated heterocycles. The summed E-state index contributed by atoms with van der Waals surface area (Å²) in [6, 6.07) is 10.8. The van der Waals surface area contributed by atoms with Gasteiger partial charge in [-0.2, -0.15) is 0 Å². The van der Waals surface area contributed by atoms with Crippen molar-refractivity contribution in [3.8, 4) is 0 Å². The Bertz CT molecular complexity index is 923. The van der Waals surface area contributed by atoms with Crippen LogP contribution in [0, 0.1) is 25.6 Å². The van der Waals surface area contributed by atoms with Crippen molar-refractivity contribution in [2.24, 2.45) is 5.92 Å². The number of anilines is 1. The number of nitrogens with zero attached hydrogens (tertiary/aromatic N) is 1. The molecule has 2 aromatic carbocycles. The molecule has 0 bridgehead atoms. The lowest BCUT2D eigenvalue weighted by atomic mass is 10.1. The summed E-state index contributed by atoms with van der Waals surface area (Å²) in [7, 11) is 0. The molecule has 0 aromatic heterocycles. The fourth-order valence-corrected chi connectivity index (χ4v) is 3.30. The monoisotopic (exact) mass is 383 g/mol. The number of carbonyl (C=O) groups excluding carboxylic acids is 3. The molecule has 6 heteroatoms. The van der Waals surface area contributed by atoms with Crippen LogP contribution in [0.4, 0.5) is 10.1 Å². The summed E-state index contributed by atoms with van der Waals surface area (Å²) in [5.74, 6) is -2.21. The fourth-order valence-electron chi connectivity index (χ4n) is 3.30. The van der Waals surface area contributed by atoms with Gasteiger partial charge in [0.25, 0.3) is 0 Å². The summed E-state index contributed by atoms with van der Waals surface area (Å²) >= 11 is 0. The molecule has 0 saturated carbocycles. The predicted molar refractivity (Wildman–Crippen MR) is 103 cm³/mol. The highest BCUT2D eigenvalue weighted by atomic mass is 19.1. The minimum absolute atomic E-state index is 0.0453. The van der Waals surface area contributed by atoms with E-state index in [9.17, 15) is 18.8 Å². The molecule has 0 spiro atoms. The molecule has 1 aliphatic rings. The van der Waals surface area contributed by atoms with Crippen molar-refractivity contribution in [2.45, 2.75) is 33.3 Å². The van der Waals surface area contributed by atoms with Crippen LogP contribution in [0.5, 0.6) is 0 Å². The molecule has 3 rings (SSSR count). The van der Waals surface area contributed by atoms with E-state index in [4.69, 9.17) is 4.74 Å². The summed E-state index contributed by atoms with van der Waals surface area (Å²) in [6.45, 7) is 5.60. The topological polar surface area (TPSA) is 63.7 Å². The van der Waals surface area contributed by atoms with Gasteiger partial charge in [0.05, 0.1) is 5.92 Å². The third-order valence-electron chi connectivity index (χ3n) is 5.12. The van der Waals surface area contributed by atoms with E-state index in [1.165, 1.54) is 31.2 Å². The highest BCUT2D eigenvalue weighted by Crippen LogP contribution is 2.30. The lowest BCUT2D eigenvalue weighted by molar-refractivity contribution is -0.151. The number of hydrogen-bond donors (Lipinski definition) is 0. The fraction of sp³-hybridized carbons (Fsp3) is 0.318. The van der Waals surface area contributed by atoms with Crippen molar-refractivity contribution in [1.29, 1.82) is 0 Å². The number of amides is 1. The van der Waals surface area contributed by atoms with Crippen molar-refractivity contribution in [3.63, 3.8) is 0 Å². The Hall–Kier alpha value is -3.02. The molecule has 1 heterocycles. The lowest BCUT2D eigenvalue weighted by Crippen LogP contribution is -2.30. The van der Waals surface area contributed by atoms with Gasteiger partial charge in [-0.1, -0.05) is 12.1 Å². The van der Waals surface area contributed by atoms with E-state index >= 15 is 0 Å². The van der Waals surface area contributed by atoms with E-state index in [0.29, 0.717) is 0 Å².